The number of nitrogens with one attached hydrogen (secondary N) is 1. The SMILES string of the molecule is CC1CC1NC(=O)c1ccc(Br)o1. The van der Waals surface area contributed by atoms with Crippen LogP contribution in [0.4, 0.5) is 0 Å². The lowest BCUT2D eigenvalue weighted by Gasteiger charge is -1.99. The molecule has 1 aliphatic rings. The minimum absolute atomic E-state index is 0.125. The van der Waals surface area contributed by atoms with Gasteiger partial charge in [0.1, 0.15) is 0 Å². The van der Waals surface area contributed by atoms with Crippen LogP contribution in [0, 0.1) is 5.92 Å². The predicted molar refractivity (Wildman–Crippen MR) is 51.4 cm³/mol. The van der Waals surface area contributed by atoms with Crippen LogP contribution in [0.15, 0.2) is 21.2 Å². The quantitative estimate of drug-likeness (QED) is 0.866. The molecule has 0 saturated heterocycles. The van der Waals surface area contributed by atoms with Gasteiger partial charge in [0.05, 0.1) is 0 Å². The van der Waals surface area contributed by atoms with E-state index >= 15 is 0 Å². The third-order valence-electron chi connectivity index (χ3n) is 2.22. The summed E-state index contributed by atoms with van der Waals surface area (Å²) in [7, 11) is 0. The highest BCUT2D eigenvalue weighted by atomic mass is 79.9. The maximum absolute atomic E-state index is 11.4. The van der Waals surface area contributed by atoms with Gasteiger partial charge in [-0.25, -0.2) is 0 Å². The van der Waals surface area contributed by atoms with E-state index in [1.165, 1.54) is 0 Å². The Hall–Kier alpha value is -0.770. The summed E-state index contributed by atoms with van der Waals surface area (Å²) in [5.41, 5.74) is 0. The van der Waals surface area contributed by atoms with E-state index in [4.69, 9.17) is 4.42 Å². The van der Waals surface area contributed by atoms with Gasteiger partial charge in [-0.3, -0.25) is 4.79 Å². The number of furan rings is 1. The maximum Gasteiger partial charge on any atom is 0.287 e. The summed E-state index contributed by atoms with van der Waals surface area (Å²) in [4.78, 5) is 11.4. The molecule has 0 aromatic carbocycles. The van der Waals surface area contributed by atoms with E-state index in [0.717, 1.165) is 6.42 Å². The summed E-state index contributed by atoms with van der Waals surface area (Å²) < 4.78 is 5.70. The zero-order chi connectivity index (χ0) is 9.42. The number of hydrogen-bond donors (Lipinski definition) is 1. The van der Waals surface area contributed by atoms with Crippen molar-refractivity contribution in [3.8, 4) is 0 Å². The van der Waals surface area contributed by atoms with Gasteiger partial charge in [-0.15, -0.1) is 0 Å². The molecule has 13 heavy (non-hydrogen) atoms. The minimum Gasteiger partial charge on any atom is -0.444 e. The maximum atomic E-state index is 11.4. The first-order valence-corrected chi connectivity index (χ1v) is 5.02. The molecule has 1 aliphatic carbocycles. The molecule has 2 unspecified atom stereocenters. The van der Waals surface area contributed by atoms with Crippen LogP contribution < -0.4 is 5.32 Å². The van der Waals surface area contributed by atoms with Gasteiger partial charge in [-0.1, -0.05) is 6.92 Å². The van der Waals surface area contributed by atoms with Gasteiger partial charge >= 0.3 is 0 Å². The lowest BCUT2D eigenvalue weighted by atomic mass is 10.4. The number of amides is 1. The Balaban J connectivity index is 1.97. The van der Waals surface area contributed by atoms with Gasteiger partial charge in [-0.05, 0) is 40.4 Å². The number of carbonyl (C=O) groups is 1. The first kappa shape index (κ1) is 8.81. The monoisotopic (exact) mass is 243 g/mol. The van der Waals surface area contributed by atoms with E-state index in [9.17, 15) is 4.79 Å². The first-order chi connectivity index (χ1) is 6.16. The first-order valence-electron chi connectivity index (χ1n) is 4.23. The fraction of sp³-hybridized carbons (Fsp3) is 0.444. The second-order valence-electron chi connectivity index (χ2n) is 3.40. The topological polar surface area (TPSA) is 42.2 Å². The second kappa shape index (κ2) is 3.18. The average Bonchev–Trinajstić information content (AvgIpc) is 2.62. The average molecular weight is 244 g/mol. The third-order valence-corrected chi connectivity index (χ3v) is 2.65. The Morgan fingerprint density at radius 1 is 1.69 bits per heavy atom. The van der Waals surface area contributed by atoms with E-state index in [-0.39, 0.29) is 5.91 Å². The highest BCUT2D eigenvalue weighted by Gasteiger charge is 2.34. The molecule has 1 heterocycles. The van der Waals surface area contributed by atoms with Crippen molar-refractivity contribution in [1.82, 2.24) is 5.32 Å². The van der Waals surface area contributed by atoms with E-state index in [2.05, 4.69) is 28.2 Å². The number of carbonyl (C=O) groups excluding carboxylic acids is 1. The van der Waals surface area contributed by atoms with Crippen molar-refractivity contribution < 1.29 is 9.21 Å². The molecule has 1 fully saturated rings. The largest absolute Gasteiger partial charge is 0.444 e. The second-order valence-corrected chi connectivity index (χ2v) is 4.18. The van der Waals surface area contributed by atoms with Crippen LogP contribution in [0.25, 0.3) is 0 Å². The van der Waals surface area contributed by atoms with Crippen LogP contribution in [0.2, 0.25) is 0 Å². The van der Waals surface area contributed by atoms with Crippen LogP contribution in [-0.2, 0) is 0 Å². The van der Waals surface area contributed by atoms with Crippen molar-refractivity contribution in [2.45, 2.75) is 19.4 Å². The highest BCUT2D eigenvalue weighted by Crippen LogP contribution is 2.29. The summed E-state index contributed by atoms with van der Waals surface area (Å²) in [6, 6.07) is 3.72. The fourth-order valence-electron chi connectivity index (χ4n) is 1.20. The summed E-state index contributed by atoms with van der Waals surface area (Å²) >= 11 is 3.15. The van der Waals surface area contributed by atoms with Gasteiger partial charge in [-0.2, -0.15) is 0 Å². The Morgan fingerprint density at radius 3 is 2.85 bits per heavy atom. The smallest absolute Gasteiger partial charge is 0.287 e. The standard InChI is InChI=1S/C9H10BrNO2/c1-5-4-6(5)11-9(12)7-2-3-8(10)13-7/h2-3,5-6H,4H2,1H3,(H,11,12). The Bertz CT molecular complexity index is 334. The third kappa shape index (κ3) is 1.94. The number of halogens is 1. The molecule has 0 spiro atoms. The molecule has 2 atom stereocenters. The van der Waals surface area contributed by atoms with Crippen LogP contribution in [-0.4, -0.2) is 11.9 Å². The van der Waals surface area contributed by atoms with Gasteiger partial charge in [0.15, 0.2) is 10.4 Å². The van der Waals surface area contributed by atoms with Crippen molar-refractivity contribution >= 4 is 21.8 Å². The van der Waals surface area contributed by atoms with Crippen LogP contribution in [0.5, 0.6) is 0 Å². The molecular weight excluding hydrogens is 234 g/mol. The van der Waals surface area contributed by atoms with E-state index in [0.29, 0.717) is 22.4 Å². The van der Waals surface area contributed by atoms with E-state index < -0.39 is 0 Å². The van der Waals surface area contributed by atoms with Crippen LogP contribution in [0.3, 0.4) is 0 Å². The van der Waals surface area contributed by atoms with Gasteiger partial charge in [0.2, 0.25) is 0 Å². The fourth-order valence-corrected chi connectivity index (χ4v) is 1.51. The normalized spacial score (nSPS) is 25.7. The Labute approximate surface area is 84.6 Å². The summed E-state index contributed by atoms with van der Waals surface area (Å²) in [5.74, 6) is 0.855. The van der Waals surface area contributed by atoms with Crippen molar-refractivity contribution in [2.75, 3.05) is 0 Å². The van der Waals surface area contributed by atoms with Crippen molar-refractivity contribution in [3.63, 3.8) is 0 Å². The molecule has 1 aromatic heterocycles. The molecule has 0 bridgehead atoms. The number of rotatable bonds is 2. The molecule has 70 valence electrons. The van der Waals surface area contributed by atoms with Crippen molar-refractivity contribution in [3.05, 3.63) is 22.6 Å². The molecule has 1 aromatic rings. The van der Waals surface area contributed by atoms with Crippen LogP contribution >= 0.6 is 15.9 Å². The lowest BCUT2D eigenvalue weighted by molar-refractivity contribution is 0.0920. The lowest BCUT2D eigenvalue weighted by Crippen LogP contribution is -2.25. The molecule has 1 saturated carbocycles. The predicted octanol–water partition coefficient (Wildman–Crippen LogP) is 2.18. The molecule has 1 amide bonds. The summed E-state index contributed by atoms with van der Waals surface area (Å²) in [5, 5.41) is 2.88. The van der Waals surface area contributed by atoms with Gasteiger partial charge < -0.3 is 9.73 Å². The van der Waals surface area contributed by atoms with Crippen LogP contribution in [0.1, 0.15) is 23.9 Å². The Morgan fingerprint density at radius 2 is 2.38 bits per heavy atom. The zero-order valence-electron chi connectivity index (χ0n) is 7.21. The Kier molecular flexibility index (Phi) is 2.15. The van der Waals surface area contributed by atoms with Gasteiger partial charge in [0, 0.05) is 6.04 Å². The molecule has 1 N–H and O–H groups in total. The van der Waals surface area contributed by atoms with Crippen molar-refractivity contribution in [2.24, 2.45) is 5.92 Å². The molecule has 4 heteroatoms. The molecule has 3 nitrogen and oxygen atoms in total. The van der Waals surface area contributed by atoms with Crippen molar-refractivity contribution in [1.29, 1.82) is 0 Å². The van der Waals surface area contributed by atoms with E-state index in [1.54, 1.807) is 12.1 Å². The zero-order valence-corrected chi connectivity index (χ0v) is 8.80. The minimum atomic E-state index is -0.125. The van der Waals surface area contributed by atoms with Gasteiger partial charge in [0.25, 0.3) is 5.91 Å². The summed E-state index contributed by atoms with van der Waals surface area (Å²) in [6.45, 7) is 2.11. The van der Waals surface area contributed by atoms with E-state index in [1.807, 2.05) is 0 Å². The highest BCUT2D eigenvalue weighted by molar-refractivity contribution is 9.10. The molecular formula is C9H10BrNO2. The summed E-state index contributed by atoms with van der Waals surface area (Å²) in [6.07, 6.45) is 1.08. The number of hydrogen-bond acceptors (Lipinski definition) is 2. The molecule has 2 rings (SSSR count). The molecule has 0 radical (unpaired) electrons. The molecule has 0 aliphatic heterocycles.